The molecule has 1 N–H and O–H groups in total. The number of carboxylic acid groups (broad SMARTS) is 1. The van der Waals surface area contributed by atoms with Gasteiger partial charge in [0.2, 0.25) is 0 Å². The predicted molar refractivity (Wildman–Crippen MR) is 53.3 cm³/mol. The minimum absolute atomic E-state index is 0.0853. The van der Waals surface area contributed by atoms with Crippen LogP contribution in [0.15, 0.2) is 35.2 Å². The van der Waals surface area contributed by atoms with Crippen LogP contribution in [0, 0.1) is 0 Å². The number of aliphatic carboxylic acids is 1. The third-order valence-electron chi connectivity index (χ3n) is 1.75. The van der Waals surface area contributed by atoms with Gasteiger partial charge in [0.1, 0.15) is 0 Å². The van der Waals surface area contributed by atoms with E-state index in [-0.39, 0.29) is 5.75 Å². The van der Waals surface area contributed by atoms with Crippen LogP contribution in [0.5, 0.6) is 0 Å². The second kappa shape index (κ2) is 5.63. The highest BCUT2D eigenvalue weighted by atomic mass is 32.2. The van der Waals surface area contributed by atoms with Crippen LogP contribution in [0.2, 0.25) is 0 Å². The van der Waals surface area contributed by atoms with Gasteiger partial charge in [0.05, 0.1) is 22.7 Å². The molecule has 82 valence electrons. The van der Waals surface area contributed by atoms with Crippen molar-refractivity contribution >= 4 is 16.8 Å². The fraction of sp³-hybridized carbons (Fsp3) is 0.300. The highest BCUT2D eigenvalue weighted by Crippen LogP contribution is 2.07. The Labute approximate surface area is 90.0 Å². The number of aliphatic hydroxyl groups excluding tert-OH is 1. The van der Waals surface area contributed by atoms with Crippen LogP contribution in [0.3, 0.4) is 0 Å². The third-order valence-corrected chi connectivity index (χ3v) is 3.24. The first-order valence-electron chi connectivity index (χ1n) is 4.41. The van der Waals surface area contributed by atoms with Gasteiger partial charge in [0.25, 0.3) is 0 Å². The monoisotopic (exact) mass is 227 g/mol. The van der Waals surface area contributed by atoms with Crippen molar-refractivity contribution in [1.29, 1.82) is 0 Å². The lowest BCUT2D eigenvalue weighted by Gasteiger charge is -2.10. The first-order chi connectivity index (χ1) is 7.09. The van der Waals surface area contributed by atoms with E-state index in [1.807, 2.05) is 0 Å². The molecule has 1 aromatic rings. The zero-order chi connectivity index (χ0) is 11.3. The van der Waals surface area contributed by atoms with E-state index in [1.165, 1.54) is 0 Å². The molecule has 0 radical (unpaired) electrons. The van der Waals surface area contributed by atoms with Crippen LogP contribution in [-0.4, -0.2) is 27.1 Å². The van der Waals surface area contributed by atoms with Gasteiger partial charge in [-0.05, 0) is 12.1 Å². The molecule has 2 atom stereocenters. The van der Waals surface area contributed by atoms with Crippen molar-refractivity contribution in [2.75, 3.05) is 5.75 Å². The Balaban J connectivity index is 2.53. The Kier molecular flexibility index (Phi) is 4.45. The van der Waals surface area contributed by atoms with Gasteiger partial charge in [-0.15, -0.1) is 0 Å². The molecular formula is C10H11O4S-. The van der Waals surface area contributed by atoms with Crippen LogP contribution in [-0.2, 0) is 15.6 Å². The average molecular weight is 227 g/mol. The molecule has 0 heterocycles. The first-order valence-corrected chi connectivity index (χ1v) is 5.73. The largest absolute Gasteiger partial charge is 0.550 e. The smallest absolute Gasteiger partial charge is 0.0711 e. The molecule has 0 aliphatic heterocycles. The molecule has 0 aliphatic rings. The summed E-state index contributed by atoms with van der Waals surface area (Å²) >= 11 is 0. The average Bonchev–Trinajstić information content (AvgIpc) is 2.17. The summed E-state index contributed by atoms with van der Waals surface area (Å²) in [6.07, 6.45) is -1.62. The van der Waals surface area contributed by atoms with Gasteiger partial charge in [0, 0.05) is 17.3 Å². The molecule has 15 heavy (non-hydrogen) atoms. The van der Waals surface area contributed by atoms with Crippen molar-refractivity contribution in [2.24, 2.45) is 0 Å². The van der Waals surface area contributed by atoms with Gasteiger partial charge >= 0.3 is 0 Å². The van der Waals surface area contributed by atoms with E-state index in [0.717, 1.165) is 0 Å². The molecule has 4 nitrogen and oxygen atoms in total. The van der Waals surface area contributed by atoms with Gasteiger partial charge in [-0.25, -0.2) is 0 Å². The van der Waals surface area contributed by atoms with Gasteiger partial charge in [-0.3, -0.25) is 4.21 Å². The second-order valence-corrected chi connectivity index (χ2v) is 4.55. The van der Waals surface area contributed by atoms with Crippen molar-refractivity contribution in [1.82, 2.24) is 0 Å². The van der Waals surface area contributed by atoms with Crippen molar-refractivity contribution in [2.45, 2.75) is 17.4 Å². The Hall–Kier alpha value is -1.20. The van der Waals surface area contributed by atoms with Gasteiger partial charge in [0.15, 0.2) is 0 Å². The standard InChI is InChI=1S/C10H12O4S/c11-8(6-10(12)13)7-15(14)9-4-2-1-3-5-9/h1-5,8,11H,6-7H2,(H,12,13)/p-1. The lowest BCUT2D eigenvalue weighted by Crippen LogP contribution is -2.30. The summed E-state index contributed by atoms with van der Waals surface area (Å²) in [5.74, 6) is -1.43. The molecule has 0 saturated carbocycles. The number of benzene rings is 1. The molecule has 1 rings (SSSR count). The van der Waals surface area contributed by atoms with Crippen LogP contribution < -0.4 is 5.11 Å². The fourth-order valence-electron chi connectivity index (χ4n) is 1.09. The van der Waals surface area contributed by atoms with E-state index >= 15 is 0 Å². The molecule has 0 saturated heterocycles. The topological polar surface area (TPSA) is 77.4 Å². The number of aliphatic hydroxyl groups is 1. The van der Waals surface area contributed by atoms with E-state index < -0.39 is 29.3 Å². The molecule has 1 aromatic carbocycles. The SMILES string of the molecule is O=C([O-])CC(O)CS(=O)c1ccccc1. The molecule has 0 fully saturated rings. The number of carboxylic acids is 1. The summed E-state index contributed by atoms with van der Waals surface area (Å²) in [7, 11) is -1.37. The van der Waals surface area contributed by atoms with Crippen molar-refractivity contribution < 1.29 is 19.2 Å². The summed E-state index contributed by atoms with van der Waals surface area (Å²) in [4.78, 5) is 10.7. The minimum atomic E-state index is -1.37. The van der Waals surface area contributed by atoms with E-state index in [4.69, 9.17) is 0 Å². The second-order valence-electron chi connectivity index (χ2n) is 3.06. The molecule has 0 aliphatic carbocycles. The molecule has 2 unspecified atom stereocenters. The summed E-state index contributed by atoms with van der Waals surface area (Å²) in [6.45, 7) is 0. The van der Waals surface area contributed by atoms with Crippen molar-refractivity contribution in [3.63, 3.8) is 0 Å². The van der Waals surface area contributed by atoms with E-state index in [1.54, 1.807) is 30.3 Å². The number of carbonyl (C=O) groups excluding carboxylic acids is 1. The summed E-state index contributed by atoms with van der Waals surface area (Å²) in [5, 5.41) is 19.4. The maximum Gasteiger partial charge on any atom is 0.0711 e. The number of rotatable bonds is 5. The Morgan fingerprint density at radius 1 is 1.40 bits per heavy atom. The molecule has 0 aromatic heterocycles. The van der Waals surface area contributed by atoms with Gasteiger partial charge in [-0.2, -0.15) is 0 Å². The maximum absolute atomic E-state index is 11.6. The third kappa shape index (κ3) is 4.22. The molecule has 0 spiro atoms. The maximum atomic E-state index is 11.6. The number of hydrogen-bond acceptors (Lipinski definition) is 4. The molecular weight excluding hydrogens is 216 g/mol. The number of hydrogen-bond donors (Lipinski definition) is 1. The summed E-state index contributed by atoms with van der Waals surface area (Å²) in [6, 6.07) is 8.60. The normalized spacial score (nSPS) is 14.5. The molecule has 0 bridgehead atoms. The van der Waals surface area contributed by atoms with E-state index in [9.17, 15) is 19.2 Å². The first kappa shape index (κ1) is 11.9. The minimum Gasteiger partial charge on any atom is -0.550 e. The number of carbonyl (C=O) groups is 1. The Bertz CT molecular complexity index is 350. The highest BCUT2D eigenvalue weighted by Gasteiger charge is 2.11. The fourth-order valence-corrected chi connectivity index (χ4v) is 2.22. The summed E-state index contributed by atoms with van der Waals surface area (Å²) in [5.41, 5.74) is 0. The highest BCUT2D eigenvalue weighted by molar-refractivity contribution is 7.85. The zero-order valence-electron chi connectivity index (χ0n) is 7.96. The molecule has 5 heteroatoms. The Morgan fingerprint density at radius 3 is 2.53 bits per heavy atom. The predicted octanol–water partition coefficient (Wildman–Crippen LogP) is -0.705. The van der Waals surface area contributed by atoms with Crippen LogP contribution in [0.25, 0.3) is 0 Å². The molecule has 0 amide bonds. The Morgan fingerprint density at radius 2 is 2.00 bits per heavy atom. The van der Waals surface area contributed by atoms with E-state index in [0.29, 0.717) is 4.90 Å². The summed E-state index contributed by atoms with van der Waals surface area (Å²) < 4.78 is 11.6. The van der Waals surface area contributed by atoms with E-state index in [2.05, 4.69) is 0 Å². The lowest BCUT2D eigenvalue weighted by molar-refractivity contribution is -0.307. The van der Waals surface area contributed by atoms with Crippen LogP contribution >= 0.6 is 0 Å². The van der Waals surface area contributed by atoms with Crippen LogP contribution in [0.1, 0.15) is 6.42 Å². The van der Waals surface area contributed by atoms with Gasteiger partial charge in [-0.1, -0.05) is 18.2 Å². The lowest BCUT2D eigenvalue weighted by atomic mass is 10.3. The van der Waals surface area contributed by atoms with Gasteiger partial charge < -0.3 is 15.0 Å². The van der Waals surface area contributed by atoms with Crippen LogP contribution in [0.4, 0.5) is 0 Å². The quantitative estimate of drug-likeness (QED) is 0.721. The van der Waals surface area contributed by atoms with Crippen molar-refractivity contribution in [3.05, 3.63) is 30.3 Å². The van der Waals surface area contributed by atoms with Crippen molar-refractivity contribution in [3.8, 4) is 0 Å². The zero-order valence-corrected chi connectivity index (χ0v) is 8.78.